The highest BCUT2D eigenvalue weighted by atomic mass is 31.1. The van der Waals surface area contributed by atoms with Crippen LogP contribution in [-0.2, 0) is 4.57 Å². The van der Waals surface area contributed by atoms with Crippen molar-refractivity contribution < 1.29 is 14.2 Å². The summed E-state index contributed by atoms with van der Waals surface area (Å²) in [6, 6.07) is 8.00. The first-order valence-corrected chi connectivity index (χ1v) is 11.2. The average molecular weight is 410 g/mol. The first kappa shape index (κ1) is 23.2. The standard InChI is InChI=1S/C25H31O3P/c1-15-11-17(3)22(18(4)12-15)24(26)21(9-7-8-10-29-28)25(27)23-19(5)13-16(2)14-20(23)6/h11-14,21H,7-10H2,1-6H3. The van der Waals surface area contributed by atoms with E-state index in [1.54, 1.807) is 0 Å². The summed E-state index contributed by atoms with van der Waals surface area (Å²) in [6.07, 6.45) is 2.47. The Labute approximate surface area is 176 Å². The molecule has 0 bridgehead atoms. The minimum atomic E-state index is -0.710. The molecule has 0 aromatic heterocycles. The second-order valence-electron chi connectivity index (χ2n) is 8.18. The molecule has 0 heterocycles. The van der Waals surface area contributed by atoms with E-state index in [-0.39, 0.29) is 20.0 Å². The molecule has 29 heavy (non-hydrogen) atoms. The highest BCUT2D eigenvalue weighted by molar-refractivity contribution is 7.23. The van der Waals surface area contributed by atoms with Gasteiger partial charge in [0, 0.05) is 17.3 Å². The number of hydrogen-bond acceptors (Lipinski definition) is 3. The molecule has 2 aromatic carbocycles. The first-order chi connectivity index (χ1) is 13.7. The Morgan fingerprint density at radius 3 is 1.45 bits per heavy atom. The number of rotatable bonds is 9. The van der Waals surface area contributed by atoms with E-state index in [0.717, 1.165) is 39.8 Å². The summed E-state index contributed by atoms with van der Waals surface area (Å²) in [4.78, 5) is 27.2. The Bertz CT molecular complexity index is 828. The van der Waals surface area contributed by atoms with Crippen molar-refractivity contribution in [2.75, 3.05) is 6.16 Å². The summed E-state index contributed by atoms with van der Waals surface area (Å²) in [7, 11) is 0.111. The van der Waals surface area contributed by atoms with Crippen molar-refractivity contribution >= 4 is 20.0 Å². The lowest BCUT2D eigenvalue weighted by Crippen LogP contribution is -2.27. The first-order valence-electron chi connectivity index (χ1n) is 10.2. The van der Waals surface area contributed by atoms with Crippen LogP contribution >= 0.6 is 8.46 Å². The quantitative estimate of drug-likeness (QED) is 0.200. The predicted octanol–water partition coefficient (Wildman–Crippen LogP) is 6.68. The largest absolute Gasteiger partial charge is 0.293 e. The van der Waals surface area contributed by atoms with Crippen LogP contribution < -0.4 is 0 Å². The minimum Gasteiger partial charge on any atom is -0.293 e. The number of carbonyl (C=O) groups excluding carboxylic acids is 2. The molecule has 0 N–H and O–H groups in total. The van der Waals surface area contributed by atoms with Crippen LogP contribution in [0.25, 0.3) is 0 Å². The van der Waals surface area contributed by atoms with Gasteiger partial charge in [-0.2, -0.15) is 0 Å². The molecule has 0 unspecified atom stereocenters. The van der Waals surface area contributed by atoms with Crippen LogP contribution in [0.3, 0.4) is 0 Å². The fourth-order valence-corrected chi connectivity index (χ4v) is 4.74. The number of benzene rings is 2. The molecule has 0 radical (unpaired) electrons. The van der Waals surface area contributed by atoms with Gasteiger partial charge in [0.1, 0.15) is 0 Å². The van der Waals surface area contributed by atoms with Gasteiger partial charge in [0.25, 0.3) is 0 Å². The maximum Gasteiger partial charge on any atom is 0.174 e. The van der Waals surface area contributed by atoms with E-state index >= 15 is 0 Å². The summed E-state index contributed by atoms with van der Waals surface area (Å²) in [6.45, 7) is 11.8. The number of unbranched alkanes of at least 4 members (excludes halogenated alkanes) is 1. The van der Waals surface area contributed by atoms with E-state index in [1.807, 2.05) is 65.8 Å². The van der Waals surface area contributed by atoms with Gasteiger partial charge in [-0.15, -0.1) is 0 Å². The van der Waals surface area contributed by atoms with Crippen LogP contribution in [0.1, 0.15) is 73.4 Å². The third-order valence-electron chi connectivity index (χ3n) is 5.47. The number of Topliss-reactive ketones (excluding diaryl/α,β-unsaturated/α-hetero) is 2. The molecule has 0 aliphatic rings. The zero-order chi connectivity index (χ0) is 21.7. The number of hydrogen-bond donors (Lipinski definition) is 0. The molecule has 0 atom stereocenters. The Morgan fingerprint density at radius 2 is 1.10 bits per heavy atom. The fraction of sp³-hybridized carbons (Fsp3) is 0.440. The molecule has 4 heteroatoms. The molecule has 3 nitrogen and oxygen atoms in total. The number of aryl methyl sites for hydroxylation is 6. The minimum absolute atomic E-state index is 0.0935. The molecule has 2 rings (SSSR count). The lowest BCUT2D eigenvalue weighted by molar-refractivity contribution is 0.0796. The Kier molecular flexibility index (Phi) is 8.05. The van der Waals surface area contributed by atoms with Gasteiger partial charge < -0.3 is 0 Å². The Balaban J connectivity index is 2.48. The lowest BCUT2D eigenvalue weighted by Gasteiger charge is -2.20. The predicted molar refractivity (Wildman–Crippen MR) is 120 cm³/mol. The van der Waals surface area contributed by atoms with E-state index in [2.05, 4.69) is 0 Å². The summed E-state index contributed by atoms with van der Waals surface area (Å²) in [5.41, 5.74) is 7.22. The van der Waals surface area contributed by atoms with Gasteiger partial charge in [0.15, 0.2) is 20.0 Å². The molecular formula is C25H31O3P. The summed E-state index contributed by atoms with van der Waals surface area (Å²) in [5, 5.41) is 0. The second kappa shape index (κ2) is 10.1. The second-order valence-corrected chi connectivity index (χ2v) is 8.88. The van der Waals surface area contributed by atoms with Crippen molar-refractivity contribution in [3.05, 3.63) is 68.8 Å². The molecule has 0 saturated heterocycles. The lowest BCUT2D eigenvalue weighted by atomic mass is 9.81. The summed E-state index contributed by atoms with van der Waals surface area (Å²) in [5.74, 6) is -0.897. The van der Waals surface area contributed by atoms with Gasteiger partial charge in [0.2, 0.25) is 0 Å². The SMILES string of the molecule is Cc1cc(C)c(C(=O)C(CCCCP=O)C(=O)c2c(C)cc(C)cc2C)c(C)c1. The van der Waals surface area contributed by atoms with Gasteiger partial charge in [-0.05, 0) is 76.6 Å². The normalized spacial score (nSPS) is 11.3. The molecule has 2 aromatic rings. The van der Waals surface area contributed by atoms with Crippen LogP contribution in [0.15, 0.2) is 24.3 Å². The molecule has 0 spiro atoms. The van der Waals surface area contributed by atoms with E-state index in [4.69, 9.17) is 0 Å². The molecule has 0 aliphatic heterocycles. The van der Waals surface area contributed by atoms with E-state index in [1.165, 1.54) is 0 Å². The van der Waals surface area contributed by atoms with Crippen molar-refractivity contribution in [3.8, 4) is 0 Å². The molecule has 0 fully saturated rings. The van der Waals surface area contributed by atoms with Crippen LogP contribution in [0, 0.1) is 47.5 Å². The topological polar surface area (TPSA) is 51.2 Å². The molecular weight excluding hydrogens is 379 g/mol. The smallest absolute Gasteiger partial charge is 0.174 e. The maximum atomic E-state index is 13.6. The van der Waals surface area contributed by atoms with Gasteiger partial charge >= 0.3 is 0 Å². The highest BCUT2D eigenvalue weighted by Gasteiger charge is 2.31. The molecule has 0 amide bonds. The Morgan fingerprint density at radius 1 is 0.724 bits per heavy atom. The van der Waals surface area contributed by atoms with Crippen LogP contribution in [0.2, 0.25) is 0 Å². The van der Waals surface area contributed by atoms with Crippen LogP contribution in [-0.4, -0.2) is 17.7 Å². The third-order valence-corrected chi connectivity index (χ3v) is 5.97. The summed E-state index contributed by atoms with van der Waals surface area (Å²) >= 11 is 0. The van der Waals surface area contributed by atoms with Gasteiger partial charge in [0.05, 0.1) is 5.92 Å². The van der Waals surface area contributed by atoms with Crippen molar-refractivity contribution in [1.82, 2.24) is 0 Å². The van der Waals surface area contributed by atoms with Crippen molar-refractivity contribution in [2.45, 2.75) is 60.8 Å². The van der Waals surface area contributed by atoms with Crippen molar-refractivity contribution in [3.63, 3.8) is 0 Å². The average Bonchev–Trinajstić information content (AvgIpc) is 2.59. The molecule has 154 valence electrons. The maximum absolute atomic E-state index is 13.6. The third kappa shape index (κ3) is 5.48. The fourth-order valence-electron chi connectivity index (χ4n) is 4.39. The number of carbonyl (C=O) groups is 2. The van der Waals surface area contributed by atoms with Gasteiger partial charge in [-0.25, -0.2) is 0 Å². The Hall–Kier alpha value is -2.12. The van der Waals surface area contributed by atoms with Gasteiger partial charge in [-0.1, -0.05) is 41.8 Å². The molecule has 0 saturated carbocycles. The summed E-state index contributed by atoms with van der Waals surface area (Å²) < 4.78 is 10.8. The van der Waals surface area contributed by atoms with E-state index < -0.39 is 5.92 Å². The van der Waals surface area contributed by atoms with E-state index in [0.29, 0.717) is 30.1 Å². The number of ketones is 2. The van der Waals surface area contributed by atoms with Crippen molar-refractivity contribution in [1.29, 1.82) is 0 Å². The van der Waals surface area contributed by atoms with Gasteiger partial charge in [-0.3, -0.25) is 14.2 Å². The monoisotopic (exact) mass is 410 g/mol. The molecule has 0 aliphatic carbocycles. The zero-order valence-electron chi connectivity index (χ0n) is 18.4. The zero-order valence-corrected chi connectivity index (χ0v) is 19.3. The van der Waals surface area contributed by atoms with E-state index in [9.17, 15) is 14.2 Å². The van der Waals surface area contributed by atoms with Crippen molar-refractivity contribution in [2.24, 2.45) is 5.92 Å². The highest BCUT2D eigenvalue weighted by Crippen LogP contribution is 2.28. The van der Waals surface area contributed by atoms with Crippen LogP contribution in [0.4, 0.5) is 0 Å². The van der Waals surface area contributed by atoms with Crippen LogP contribution in [0.5, 0.6) is 0 Å².